The molecule has 1 N–H and O–H groups in total. The second-order valence-electron chi connectivity index (χ2n) is 3.78. The van der Waals surface area contributed by atoms with Gasteiger partial charge in [0.1, 0.15) is 0 Å². The van der Waals surface area contributed by atoms with Gasteiger partial charge in [0.05, 0.1) is 18.0 Å². The topological polar surface area (TPSA) is 53.4 Å². The van der Waals surface area contributed by atoms with E-state index in [1.165, 1.54) is 18.0 Å². The molecule has 1 aliphatic rings. The van der Waals surface area contributed by atoms with Crippen LogP contribution in [0.2, 0.25) is 0 Å². The zero-order valence-corrected chi connectivity index (χ0v) is 10.0. The first-order valence-electron chi connectivity index (χ1n) is 5.13. The molecule has 86 valence electrons. The summed E-state index contributed by atoms with van der Waals surface area (Å²) in [6.45, 7) is 5.35. The normalized spacial score (nSPS) is 26.4. The first kappa shape index (κ1) is 12.5. The van der Waals surface area contributed by atoms with Gasteiger partial charge in [-0.05, 0) is 13.8 Å². The minimum Gasteiger partial charge on any atom is -0.372 e. The maximum atomic E-state index is 11.7. The Morgan fingerprint density at radius 2 is 2.13 bits per heavy atom. The summed E-state index contributed by atoms with van der Waals surface area (Å²) in [5.74, 6) is 1.24. The van der Waals surface area contributed by atoms with Gasteiger partial charge in [-0.1, -0.05) is 0 Å². The van der Waals surface area contributed by atoms with Crippen LogP contribution in [0.3, 0.4) is 0 Å². The fourth-order valence-electron chi connectivity index (χ4n) is 1.68. The molecule has 0 radical (unpaired) electrons. The van der Waals surface area contributed by atoms with Crippen LogP contribution in [0.25, 0.3) is 0 Å². The van der Waals surface area contributed by atoms with Crippen LogP contribution in [0.15, 0.2) is 0 Å². The predicted molar refractivity (Wildman–Crippen MR) is 62.7 cm³/mol. The van der Waals surface area contributed by atoms with Crippen molar-refractivity contribution in [3.05, 3.63) is 0 Å². The lowest BCUT2D eigenvalue weighted by Gasteiger charge is -2.35. The van der Waals surface area contributed by atoms with Crippen LogP contribution in [-0.2, 0) is 9.53 Å². The second kappa shape index (κ2) is 6.12. The molecule has 0 saturated carbocycles. The molecule has 0 aromatic rings. The number of hydrogen-bond acceptors (Lipinski definition) is 4. The van der Waals surface area contributed by atoms with E-state index in [0.29, 0.717) is 24.6 Å². The molecule has 0 aromatic heterocycles. The largest absolute Gasteiger partial charge is 0.372 e. The number of ether oxygens (including phenoxy) is 1. The molecule has 1 amide bonds. The van der Waals surface area contributed by atoms with Gasteiger partial charge in [0.15, 0.2) is 0 Å². The third-order valence-corrected chi connectivity index (χ3v) is 3.05. The van der Waals surface area contributed by atoms with Gasteiger partial charge < -0.3 is 15.0 Å². The zero-order valence-electron chi connectivity index (χ0n) is 9.23. The molecule has 0 bridgehead atoms. The highest BCUT2D eigenvalue weighted by Gasteiger charge is 2.25. The Hall–Kier alpha value is -0.550. The molecule has 0 spiro atoms. The summed E-state index contributed by atoms with van der Waals surface area (Å²) >= 11 is 1.48. The Balaban J connectivity index is 2.34. The van der Waals surface area contributed by atoms with Gasteiger partial charge >= 0.3 is 0 Å². The predicted octanol–water partition coefficient (Wildman–Crippen LogP) is 1.00. The number of carbonyl (C=O) groups is 1. The number of carbonyl (C=O) groups excluding carboxylic acids is 1. The molecular weight excluding hydrogens is 212 g/mol. The van der Waals surface area contributed by atoms with Crippen molar-refractivity contribution in [3.8, 4) is 0 Å². The lowest BCUT2D eigenvalue weighted by molar-refractivity contribution is -0.140. The molecule has 1 saturated heterocycles. The van der Waals surface area contributed by atoms with Gasteiger partial charge in [-0.2, -0.15) is 0 Å². The van der Waals surface area contributed by atoms with E-state index < -0.39 is 0 Å². The van der Waals surface area contributed by atoms with E-state index in [1.54, 1.807) is 0 Å². The van der Waals surface area contributed by atoms with Crippen LogP contribution in [0, 0.1) is 5.41 Å². The fourth-order valence-corrected chi connectivity index (χ4v) is 2.27. The molecule has 1 fully saturated rings. The average molecular weight is 230 g/mol. The molecule has 15 heavy (non-hydrogen) atoms. The van der Waals surface area contributed by atoms with Crippen molar-refractivity contribution in [1.82, 2.24) is 4.90 Å². The minimum absolute atomic E-state index is 0.130. The van der Waals surface area contributed by atoms with Gasteiger partial charge in [0, 0.05) is 25.1 Å². The van der Waals surface area contributed by atoms with Crippen LogP contribution < -0.4 is 0 Å². The highest BCUT2D eigenvalue weighted by molar-refractivity contribution is 8.00. The summed E-state index contributed by atoms with van der Waals surface area (Å²) < 4.78 is 5.56. The number of amides is 1. The maximum absolute atomic E-state index is 11.7. The molecule has 5 heteroatoms. The smallest absolute Gasteiger partial charge is 0.232 e. The van der Waals surface area contributed by atoms with Crippen molar-refractivity contribution in [2.75, 3.05) is 24.6 Å². The lowest BCUT2D eigenvalue weighted by Crippen LogP contribution is -2.48. The summed E-state index contributed by atoms with van der Waals surface area (Å²) in [5, 5.41) is 6.86. The molecule has 0 aliphatic carbocycles. The van der Waals surface area contributed by atoms with Crippen molar-refractivity contribution in [1.29, 1.82) is 5.41 Å². The number of morpholine rings is 1. The third kappa shape index (κ3) is 4.22. The Morgan fingerprint density at radius 3 is 2.67 bits per heavy atom. The Kier molecular flexibility index (Phi) is 5.11. The Morgan fingerprint density at radius 1 is 1.53 bits per heavy atom. The lowest BCUT2D eigenvalue weighted by atomic mass is 10.2. The summed E-state index contributed by atoms with van der Waals surface area (Å²) in [6, 6.07) is 0. The number of hydrogen-bond donors (Lipinski definition) is 1. The fraction of sp³-hybridized carbons (Fsp3) is 0.800. The minimum atomic E-state index is 0.130. The van der Waals surface area contributed by atoms with E-state index >= 15 is 0 Å². The molecule has 0 unspecified atom stereocenters. The summed E-state index contributed by atoms with van der Waals surface area (Å²) in [5.41, 5.74) is 0. The second-order valence-corrected chi connectivity index (χ2v) is 4.81. The van der Waals surface area contributed by atoms with Crippen LogP contribution >= 0.6 is 11.8 Å². The molecule has 1 aliphatic heterocycles. The third-order valence-electron chi connectivity index (χ3n) is 2.20. The van der Waals surface area contributed by atoms with Crippen molar-refractivity contribution in [3.63, 3.8) is 0 Å². The van der Waals surface area contributed by atoms with E-state index in [1.807, 2.05) is 18.7 Å². The van der Waals surface area contributed by atoms with E-state index in [4.69, 9.17) is 10.1 Å². The summed E-state index contributed by atoms with van der Waals surface area (Å²) in [4.78, 5) is 13.6. The maximum Gasteiger partial charge on any atom is 0.232 e. The molecule has 0 aromatic carbocycles. The van der Waals surface area contributed by atoms with Crippen LogP contribution in [0.1, 0.15) is 13.8 Å². The van der Waals surface area contributed by atoms with Crippen LogP contribution in [0.5, 0.6) is 0 Å². The van der Waals surface area contributed by atoms with E-state index in [0.717, 1.165) is 0 Å². The Bertz CT molecular complexity index is 225. The average Bonchev–Trinajstić information content (AvgIpc) is 2.16. The first-order valence-corrected chi connectivity index (χ1v) is 6.29. The molecule has 4 nitrogen and oxygen atoms in total. The first-order chi connectivity index (χ1) is 7.13. The molecule has 1 rings (SSSR count). The highest BCUT2D eigenvalue weighted by atomic mass is 32.2. The number of thioether (sulfide) groups is 1. The molecular formula is C10H18N2O2S. The van der Waals surface area contributed by atoms with Crippen molar-refractivity contribution in [2.45, 2.75) is 26.1 Å². The van der Waals surface area contributed by atoms with Gasteiger partial charge in [-0.25, -0.2) is 0 Å². The van der Waals surface area contributed by atoms with Crippen LogP contribution in [-0.4, -0.2) is 53.8 Å². The highest BCUT2D eigenvalue weighted by Crippen LogP contribution is 2.12. The summed E-state index contributed by atoms with van der Waals surface area (Å²) in [6.07, 6.45) is 1.58. The summed E-state index contributed by atoms with van der Waals surface area (Å²) in [7, 11) is 0. The van der Waals surface area contributed by atoms with Gasteiger partial charge in [0.25, 0.3) is 0 Å². The number of nitrogens with one attached hydrogen (secondary N) is 1. The van der Waals surface area contributed by atoms with E-state index in [9.17, 15) is 4.79 Å². The van der Waals surface area contributed by atoms with Gasteiger partial charge in [-0.15, -0.1) is 11.8 Å². The molecule has 1 heterocycles. The standard InChI is InChI=1S/C10H18N2O2S/c1-8-5-12(6-9(2)14-8)10(13)7-15-4-3-11/h3,8-9,11H,4-7H2,1-2H3/t8-,9-/m1/s1. The number of rotatable bonds is 4. The van der Waals surface area contributed by atoms with E-state index in [2.05, 4.69) is 0 Å². The molecule has 2 atom stereocenters. The SMILES string of the molecule is C[C@@H]1CN(C(=O)CSCC=N)C[C@@H](C)O1. The van der Waals surface area contributed by atoms with Gasteiger partial charge in [0.2, 0.25) is 5.91 Å². The quantitative estimate of drug-likeness (QED) is 0.579. The number of nitrogens with zero attached hydrogens (tertiary/aromatic N) is 1. The van der Waals surface area contributed by atoms with Crippen molar-refractivity contribution in [2.24, 2.45) is 0 Å². The zero-order chi connectivity index (χ0) is 11.3. The van der Waals surface area contributed by atoms with E-state index in [-0.39, 0.29) is 18.1 Å². The van der Waals surface area contributed by atoms with Gasteiger partial charge in [-0.3, -0.25) is 4.79 Å². The Labute approximate surface area is 94.9 Å². The monoisotopic (exact) mass is 230 g/mol. The van der Waals surface area contributed by atoms with Crippen molar-refractivity contribution >= 4 is 23.9 Å². The van der Waals surface area contributed by atoms with Crippen molar-refractivity contribution < 1.29 is 9.53 Å². The van der Waals surface area contributed by atoms with Crippen LogP contribution in [0.4, 0.5) is 0 Å².